The maximum absolute atomic E-state index is 8.50. The highest BCUT2D eigenvalue weighted by Gasteiger charge is 2.03. The molecule has 0 fully saturated rings. The maximum Gasteiger partial charge on any atom is 0.192 e. The lowest BCUT2D eigenvalue weighted by Gasteiger charge is -2.21. The molecule has 0 bridgehead atoms. The second kappa shape index (κ2) is 6.37. The molecule has 0 saturated carbocycles. The third-order valence-electron chi connectivity index (χ3n) is 1.55. The van der Waals surface area contributed by atoms with Gasteiger partial charge in [-0.2, -0.15) is 0 Å². The second-order valence-electron chi connectivity index (χ2n) is 2.35. The number of nitrogens with one attached hydrogen (secondary N) is 1. The van der Waals surface area contributed by atoms with Crippen LogP contribution in [0.4, 0.5) is 0 Å². The highest BCUT2D eigenvalue weighted by Crippen LogP contribution is 1.94. The first kappa shape index (κ1) is 10.7. The van der Waals surface area contributed by atoms with Crippen molar-refractivity contribution in [3.8, 4) is 0 Å². The molecule has 0 rings (SSSR count). The van der Waals surface area contributed by atoms with Crippen molar-refractivity contribution in [3.63, 3.8) is 0 Å². The Labute approximate surface area is 73.3 Å². The molecular weight excluding hydrogens is 160 g/mol. The summed E-state index contributed by atoms with van der Waals surface area (Å²) < 4.78 is 0. The van der Waals surface area contributed by atoms with Gasteiger partial charge >= 0.3 is 0 Å². The molecule has 4 heteroatoms. The lowest BCUT2D eigenvalue weighted by molar-refractivity contribution is 0.215. The maximum atomic E-state index is 8.50. The predicted molar refractivity (Wildman–Crippen MR) is 49.7 cm³/mol. The van der Waals surface area contributed by atoms with E-state index in [-0.39, 0.29) is 0 Å². The van der Waals surface area contributed by atoms with Crippen LogP contribution in [-0.4, -0.2) is 28.3 Å². The van der Waals surface area contributed by atoms with Gasteiger partial charge in [0.2, 0.25) is 0 Å². The number of thiocarbonyl (C=S) groups is 1. The van der Waals surface area contributed by atoms with Crippen molar-refractivity contribution >= 4 is 17.3 Å². The van der Waals surface area contributed by atoms with Crippen LogP contribution in [0.15, 0.2) is 0 Å². The molecule has 0 aliphatic rings. The minimum atomic E-state index is 0.418. The van der Waals surface area contributed by atoms with Gasteiger partial charge in [-0.1, -0.05) is 13.3 Å². The van der Waals surface area contributed by atoms with E-state index < -0.39 is 0 Å². The van der Waals surface area contributed by atoms with E-state index in [9.17, 15) is 0 Å². The summed E-state index contributed by atoms with van der Waals surface area (Å²) in [5.41, 5.74) is 1.98. The molecule has 2 N–H and O–H groups in total. The molecule has 0 saturated heterocycles. The zero-order chi connectivity index (χ0) is 8.69. The Hall–Kier alpha value is -0.350. The standard InChI is InChI=1S/C7H16N2OS/c1-3-5-6-9(4-2)7(11)8-10/h10H,3-6H2,1-2H3,(H,8,11). The van der Waals surface area contributed by atoms with Gasteiger partial charge in [0, 0.05) is 13.1 Å². The van der Waals surface area contributed by atoms with E-state index >= 15 is 0 Å². The van der Waals surface area contributed by atoms with Crippen molar-refractivity contribution in [3.05, 3.63) is 0 Å². The van der Waals surface area contributed by atoms with Crippen LogP contribution in [0.1, 0.15) is 26.7 Å². The Morgan fingerprint density at radius 1 is 1.55 bits per heavy atom. The highest BCUT2D eigenvalue weighted by atomic mass is 32.1. The topological polar surface area (TPSA) is 35.5 Å². The largest absolute Gasteiger partial charge is 0.348 e. The first-order valence-electron chi connectivity index (χ1n) is 3.95. The Bertz CT molecular complexity index is 119. The minimum Gasteiger partial charge on any atom is -0.348 e. The summed E-state index contributed by atoms with van der Waals surface area (Å²) in [6, 6.07) is 0. The van der Waals surface area contributed by atoms with Gasteiger partial charge in [0.1, 0.15) is 0 Å². The molecule has 0 unspecified atom stereocenters. The second-order valence-corrected chi connectivity index (χ2v) is 2.74. The molecule has 0 heterocycles. The van der Waals surface area contributed by atoms with Gasteiger partial charge in [-0.3, -0.25) is 5.21 Å². The lowest BCUT2D eigenvalue weighted by atomic mass is 10.3. The van der Waals surface area contributed by atoms with Crippen molar-refractivity contribution < 1.29 is 5.21 Å². The number of hydroxylamine groups is 1. The van der Waals surface area contributed by atoms with E-state index in [0.29, 0.717) is 5.11 Å². The van der Waals surface area contributed by atoms with Gasteiger partial charge in [-0.15, -0.1) is 0 Å². The molecule has 0 aromatic carbocycles. The van der Waals surface area contributed by atoms with Gasteiger partial charge in [-0.25, -0.2) is 5.48 Å². The van der Waals surface area contributed by atoms with Crippen molar-refractivity contribution in [1.82, 2.24) is 10.4 Å². The van der Waals surface area contributed by atoms with Crippen LogP contribution >= 0.6 is 12.2 Å². The molecule has 3 nitrogen and oxygen atoms in total. The van der Waals surface area contributed by atoms with E-state index in [2.05, 4.69) is 6.92 Å². The fraction of sp³-hybridized carbons (Fsp3) is 0.857. The third-order valence-corrected chi connectivity index (χ3v) is 1.90. The van der Waals surface area contributed by atoms with Gasteiger partial charge in [0.05, 0.1) is 0 Å². The summed E-state index contributed by atoms with van der Waals surface area (Å²) in [4.78, 5) is 1.93. The zero-order valence-corrected chi connectivity index (χ0v) is 7.95. The monoisotopic (exact) mass is 176 g/mol. The van der Waals surface area contributed by atoms with E-state index in [1.54, 1.807) is 0 Å². The van der Waals surface area contributed by atoms with Crippen LogP contribution in [-0.2, 0) is 0 Å². The smallest absolute Gasteiger partial charge is 0.192 e. The van der Waals surface area contributed by atoms with E-state index in [0.717, 1.165) is 25.9 Å². The fourth-order valence-corrected chi connectivity index (χ4v) is 1.04. The first-order valence-corrected chi connectivity index (χ1v) is 4.36. The van der Waals surface area contributed by atoms with Crippen LogP contribution in [0.2, 0.25) is 0 Å². The molecule has 0 aromatic heterocycles. The summed E-state index contributed by atoms with van der Waals surface area (Å²) in [5.74, 6) is 0. The lowest BCUT2D eigenvalue weighted by Crippen LogP contribution is -2.38. The van der Waals surface area contributed by atoms with E-state index in [1.807, 2.05) is 17.3 Å². The SMILES string of the molecule is CCCCN(CC)C(=S)NO. The molecule has 0 radical (unpaired) electrons. The molecule has 0 spiro atoms. The summed E-state index contributed by atoms with van der Waals surface area (Å²) in [6.07, 6.45) is 2.25. The highest BCUT2D eigenvalue weighted by molar-refractivity contribution is 7.80. The number of nitrogens with zero attached hydrogens (tertiary/aromatic N) is 1. The number of rotatable bonds is 4. The van der Waals surface area contributed by atoms with Crippen LogP contribution in [0, 0.1) is 0 Å². The summed E-state index contributed by atoms with van der Waals surface area (Å²) in [6.45, 7) is 5.90. The van der Waals surface area contributed by atoms with Crippen molar-refractivity contribution in [2.75, 3.05) is 13.1 Å². The number of hydrogen-bond acceptors (Lipinski definition) is 2. The van der Waals surface area contributed by atoms with Crippen LogP contribution in [0.3, 0.4) is 0 Å². The molecule has 0 atom stereocenters. The quantitative estimate of drug-likeness (QED) is 0.501. The molecule has 0 aliphatic carbocycles. The number of hydrogen-bond donors (Lipinski definition) is 2. The summed E-state index contributed by atoms with van der Waals surface area (Å²) >= 11 is 4.85. The van der Waals surface area contributed by atoms with Crippen LogP contribution in [0.25, 0.3) is 0 Å². The van der Waals surface area contributed by atoms with Gasteiger partial charge in [0.25, 0.3) is 0 Å². The average Bonchev–Trinajstić information content (AvgIpc) is 2.05. The average molecular weight is 176 g/mol. The van der Waals surface area contributed by atoms with E-state index in [4.69, 9.17) is 17.4 Å². The van der Waals surface area contributed by atoms with Gasteiger partial charge in [-0.05, 0) is 25.6 Å². The Morgan fingerprint density at radius 3 is 2.55 bits per heavy atom. The normalized spacial score (nSPS) is 9.36. The Kier molecular flexibility index (Phi) is 6.16. The Morgan fingerprint density at radius 2 is 2.18 bits per heavy atom. The fourth-order valence-electron chi connectivity index (χ4n) is 0.823. The molecule has 11 heavy (non-hydrogen) atoms. The van der Waals surface area contributed by atoms with Crippen molar-refractivity contribution in [1.29, 1.82) is 0 Å². The van der Waals surface area contributed by atoms with Crippen molar-refractivity contribution in [2.45, 2.75) is 26.7 Å². The Balaban J connectivity index is 3.65. The molecule has 0 aromatic rings. The van der Waals surface area contributed by atoms with Crippen LogP contribution < -0.4 is 5.48 Å². The van der Waals surface area contributed by atoms with Crippen molar-refractivity contribution in [2.24, 2.45) is 0 Å². The minimum absolute atomic E-state index is 0.418. The molecular formula is C7H16N2OS. The molecule has 0 aliphatic heterocycles. The van der Waals surface area contributed by atoms with Gasteiger partial charge in [0.15, 0.2) is 5.11 Å². The number of unbranched alkanes of at least 4 members (excludes halogenated alkanes) is 1. The molecule has 66 valence electrons. The van der Waals surface area contributed by atoms with Crippen LogP contribution in [0.5, 0.6) is 0 Å². The summed E-state index contributed by atoms with van der Waals surface area (Å²) in [5, 5.41) is 8.92. The zero-order valence-electron chi connectivity index (χ0n) is 7.13. The third kappa shape index (κ3) is 4.16. The molecule has 0 amide bonds. The van der Waals surface area contributed by atoms with E-state index in [1.165, 1.54) is 0 Å². The summed E-state index contributed by atoms with van der Waals surface area (Å²) in [7, 11) is 0. The van der Waals surface area contributed by atoms with Gasteiger partial charge < -0.3 is 4.90 Å². The first-order chi connectivity index (χ1) is 5.26. The predicted octanol–water partition coefficient (Wildman–Crippen LogP) is 1.37.